The predicted octanol–water partition coefficient (Wildman–Crippen LogP) is 1.99. The molecule has 26 heavy (non-hydrogen) atoms. The molecule has 3 rings (SSSR count). The van der Waals surface area contributed by atoms with Gasteiger partial charge in [0.25, 0.3) is 5.91 Å². The maximum Gasteiger partial charge on any atom is 0.253 e. The molecule has 5 nitrogen and oxygen atoms in total. The first-order valence-corrected chi connectivity index (χ1v) is 9.98. The molecule has 2 aliphatic rings. The molecular weight excluding hydrogens is 324 g/mol. The van der Waals surface area contributed by atoms with E-state index in [4.69, 9.17) is 0 Å². The molecule has 0 aliphatic carbocycles. The Kier molecular flexibility index (Phi) is 6.68. The van der Waals surface area contributed by atoms with E-state index in [-0.39, 0.29) is 5.91 Å². The van der Waals surface area contributed by atoms with Crippen molar-refractivity contribution in [3.8, 4) is 0 Å². The summed E-state index contributed by atoms with van der Waals surface area (Å²) < 4.78 is 0. The fraction of sp³-hybridized carbons (Fsp3) is 0.667. The van der Waals surface area contributed by atoms with Crippen molar-refractivity contribution in [1.29, 1.82) is 0 Å². The van der Waals surface area contributed by atoms with Gasteiger partial charge in [-0.3, -0.25) is 9.69 Å². The average Bonchev–Trinajstić information content (AvgIpc) is 2.90. The minimum absolute atomic E-state index is 0.190. The summed E-state index contributed by atoms with van der Waals surface area (Å²) in [5, 5.41) is 0. The quantitative estimate of drug-likeness (QED) is 0.823. The molecule has 1 aromatic carbocycles. The molecule has 0 unspecified atom stereocenters. The van der Waals surface area contributed by atoms with Crippen LogP contribution in [0.4, 0.5) is 0 Å². The van der Waals surface area contributed by atoms with Crippen LogP contribution in [-0.2, 0) is 6.54 Å². The molecule has 2 fully saturated rings. The van der Waals surface area contributed by atoms with E-state index >= 15 is 0 Å². The van der Waals surface area contributed by atoms with Crippen LogP contribution >= 0.6 is 0 Å². The summed E-state index contributed by atoms with van der Waals surface area (Å²) in [6.45, 7) is 7.25. The van der Waals surface area contributed by atoms with Gasteiger partial charge in [0.1, 0.15) is 0 Å². The van der Waals surface area contributed by atoms with Crippen molar-refractivity contribution in [3.63, 3.8) is 0 Å². The van der Waals surface area contributed by atoms with Crippen LogP contribution in [0.2, 0.25) is 0 Å². The lowest BCUT2D eigenvalue weighted by Crippen LogP contribution is -2.43. The van der Waals surface area contributed by atoms with Gasteiger partial charge in [0, 0.05) is 57.4 Å². The molecule has 0 bridgehead atoms. The zero-order valence-electron chi connectivity index (χ0n) is 16.7. The third-order valence-electron chi connectivity index (χ3n) is 5.92. The highest BCUT2D eigenvalue weighted by atomic mass is 16.2. The fourth-order valence-corrected chi connectivity index (χ4v) is 4.00. The van der Waals surface area contributed by atoms with Crippen molar-refractivity contribution in [2.24, 2.45) is 0 Å². The van der Waals surface area contributed by atoms with E-state index in [1.807, 2.05) is 17.0 Å². The second-order valence-electron chi connectivity index (χ2n) is 8.12. The van der Waals surface area contributed by atoms with Gasteiger partial charge in [0.2, 0.25) is 0 Å². The standard InChI is InChI=1S/C21H34N4O/c1-22(2)20-5-4-11-25(12-10-20)21(26)19-8-6-18(7-9-19)17-24-15-13-23(3)14-16-24/h6-9,20H,4-5,10-17H2,1-3H3/t20-/m0/s1. The molecular formula is C21H34N4O. The Morgan fingerprint density at radius 1 is 1.00 bits per heavy atom. The lowest BCUT2D eigenvalue weighted by atomic mass is 10.1. The van der Waals surface area contributed by atoms with Crippen LogP contribution in [0.1, 0.15) is 35.2 Å². The zero-order valence-corrected chi connectivity index (χ0v) is 16.7. The molecule has 0 N–H and O–H groups in total. The van der Waals surface area contributed by atoms with E-state index < -0.39 is 0 Å². The number of rotatable bonds is 4. The van der Waals surface area contributed by atoms with Gasteiger partial charge in [0.05, 0.1) is 0 Å². The molecule has 5 heteroatoms. The van der Waals surface area contributed by atoms with Crippen LogP contribution in [0.3, 0.4) is 0 Å². The van der Waals surface area contributed by atoms with E-state index in [0.29, 0.717) is 6.04 Å². The zero-order chi connectivity index (χ0) is 18.5. The van der Waals surface area contributed by atoms with Crippen molar-refractivity contribution >= 4 is 5.91 Å². The molecule has 1 aromatic rings. The maximum absolute atomic E-state index is 12.9. The molecule has 0 saturated carbocycles. The first kappa shape index (κ1) is 19.3. The highest BCUT2D eigenvalue weighted by Crippen LogP contribution is 2.17. The third-order valence-corrected chi connectivity index (χ3v) is 5.92. The predicted molar refractivity (Wildman–Crippen MR) is 106 cm³/mol. The number of piperazine rings is 1. The Bertz CT molecular complexity index is 578. The highest BCUT2D eigenvalue weighted by Gasteiger charge is 2.22. The van der Waals surface area contributed by atoms with Gasteiger partial charge in [0.15, 0.2) is 0 Å². The number of benzene rings is 1. The van der Waals surface area contributed by atoms with E-state index in [9.17, 15) is 4.79 Å². The summed E-state index contributed by atoms with van der Waals surface area (Å²) in [6, 6.07) is 8.89. The highest BCUT2D eigenvalue weighted by molar-refractivity contribution is 5.94. The van der Waals surface area contributed by atoms with Gasteiger partial charge in [-0.25, -0.2) is 0 Å². The van der Waals surface area contributed by atoms with E-state index in [1.165, 1.54) is 12.0 Å². The summed E-state index contributed by atoms with van der Waals surface area (Å²) >= 11 is 0. The van der Waals surface area contributed by atoms with Gasteiger partial charge in [-0.15, -0.1) is 0 Å². The van der Waals surface area contributed by atoms with E-state index in [0.717, 1.165) is 64.2 Å². The van der Waals surface area contributed by atoms with Crippen molar-refractivity contribution in [2.45, 2.75) is 31.8 Å². The lowest BCUT2D eigenvalue weighted by Gasteiger charge is -2.32. The van der Waals surface area contributed by atoms with E-state index in [1.54, 1.807) is 0 Å². The third kappa shape index (κ3) is 5.06. The maximum atomic E-state index is 12.9. The van der Waals surface area contributed by atoms with Gasteiger partial charge in [-0.05, 0) is 58.1 Å². The van der Waals surface area contributed by atoms with Gasteiger partial charge in [-0.1, -0.05) is 12.1 Å². The van der Waals surface area contributed by atoms with Crippen LogP contribution < -0.4 is 0 Å². The Hall–Kier alpha value is -1.43. The molecule has 1 amide bonds. The molecule has 1 atom stereocenters. The van der Waals surface area contributed by atoms with Gasteiger partial charge < -0.3 is 14.7 Å². The first-order chi connectivity index (χ1) is 12.5. The number of likely N-dealkylation sites (tertiary alicyclic amines) is 1. The monoisotopic (exact) mass is 358 g/mol. The minimum Gasteiger partial charge on any atom is -0.339 e. The number of nitrogens with zero attached hydrogens (tertiary/aromatic N) is 4. The van der Waals surface area contributed by atoms with Crippen LogP contribution in [0.5, 0.6) is 0 Å². The Labute approximate surface area is 158 Å². The minimum atomic E-state index is 0.190. The molecule has 2 heterocycles. The molecule has 2 aliphatic heterocycles. The Balaban J connectivity index is 1.55. The second-order valence-corrected chi connectivity index (χ2v) is 8.12. The number of likely N-dealkylation sites (N-methyl/N-ethyl adjacent to an activating group) is 1. The van der Waals surface area contributed by atoms with Crippen LogP contribution in [0.15, 0.2) is 24.3 Å². The first-order valence-electron chi connectivity index (χ1n) is 9.98. The summed E-state index contributed by atoms with van der Waals surface area (Å²) in [5.74, 6) is 0.190. The van der Waals surface area contributed by atoms with Crippen LogP contribution in [0.25, 0.3) is 0 Å². The van der Waals surface area contributed by atoms with Crippen molar-refractivity contribution in [3.05, 3.63) is 35.4 Å². The smallest absolute Gasteiger partial charge is 0.253 e. The van der Waals surface area contributed by atoms with Crippen molar-refractivity contribution in [2.75, 3.05) is 60.4 Å². The summed E-state index contributed by atoms with van der Waals surface area (Å²) in [5.41, 5.74) is 2.13. The lowest BCUT2D eigenvalue weighted by molar-refractivity contribution is 0.0758. The number of carbonyl (C=O) groups excluding carboxylic acids is 1. The van der Waals surface area contributed by atoms with Crippen molar-refractivity contribution in [1.82, 2.24) is 19.6 Å². The van der Waals surface area contributed by atoms with Crippen LogP contribution in [-0.4, -0.2) is 92.0 Å². The van der Waals surface area contributed by atoms with Crippen molar-refractivity contribution < 1.29 is 4.79 Å². The molecule has 0 spiro atoms. The summed E-state index contributed by atoms with van der Waals surface area (Å²) in [4.78, 5) is 22.1. The largest absolute Gasteiger partial charge is 0.339 e. The Morgan fingerprint density at radius 2 is 1.69 bits per heavy atom. The number of carbonyl (C=O) groups is 1. The Morgan fingerprint density at radius 3 is 2.35 bits per heavy atom. The fourth-order valence-electron chi connectivity index (χ4n) is 4.00. The number of hydrogen-bond donors (Lipinski definition) is 0. The normalized spacial score (nSPS) is 23.2. The SMILES string of the molecule is CN1CCN(Cc2ccc(C(=O)N3CCC[C@H](N(C)C)CC3)cc2)CC1. The number of hydrogen-bond acceptors (Lipinski definition) is 4. The topological polar surface area (TPSA) is 30.0 Å². The average molecular weight is 359 g/mol. The molecule has 0 aromatic heterocycles. The van der Waals surface area contributed by atoms with Gasteiger partial charge in [-0.2, -0.15) is 0 Å². The van der Waals surface area contributed by atoms with E-state index in [2.05, 4.69) is 48.0 Å². The summed E-state index contributed by atoms with van der Waals surface area (Å²) in [6.07, 6.45) is 3.34. The van der Waals surface area contributed by atoms with Gasteiger partial charge >= 0.3 is 0 Å². The molecule has 0 radical (unpaired) electrons. The second kappa shape index (κ2) is 8.98. The number of amides is 1. The van der Waals surface area contributed by atoms with Crippen LogP contribution in [0, 0.1) is 0 Å². The molecule has 144 valence electrons. The summed E-state index contributed by atoms with van der Waals surface area (Å²) in [7, 11) is 6.46. The molecule has 2 saturated heterocycles.